The minimum atomic E-state index is -0.566. The van der Waals surface area contributed by atoms with Gasteiger partial charge in [-0.25, -0.2) is 0 Å². The van der Waals surface area contributed by atoms with E-state index < -0.39 is 4.92 Å². The maximum absolute atomic E-state index is 12.2. The lowest BCUT2D eigenvalue weighted by molar-refractivity contribution is -0.384. The molecule has 27 heavy (non-hydrogen) atoms. The lowest BCUT2D eigenvalue weighted by atomic mass is 10.3. The molecule has 0 unspecified atom stereocenters. The van der Waals surface area contributed by atoms with Gasteiger partial charge in [-0.05, 0) is 40.8 Å². The van der Waals surface area contributed by atoms with Crippen LogP contribution in [-0.2, 0) is 4.79 Å². The molecule has 0 aliphatic heterocycles. The van der Waals surface area contributed by atoms with Crippen molar-refractivity contribution in [2.75, 3.05) is 11.1 Å². The molecule has 0 aliphatic carbocycles. The van der Waals surface area contributed by atoms with Crippen LogP contribution in [0.2, 0.25) is 10.0 Å². The summed E-state index contributed by atoms with van der Waals surface area (Å²) < 4.78 is 1.48. The number of nitro benzene ring substituents is 1. The van der Waals surface area contributed by atoms with Gasteiger partial charge in [-0.15, -0.1) is 5.10 Å². The first kappa shape index (κ1) is 19.1. The van der Waals surface area contributed by atoms with Gasteiger partial charge in [-0.3, -0.25) is 14.9 Å². The molecular formula is C15H10Cl2N6O3S. The van der Waals surface area contributed by atoms with Crippen LogP contribution in [0.15, 0.2) is 47.6 Å². The molecule has 0 spiro atoms. The Balaban J connectivity index is 1.64. The number of amides is 1. The van der Waals surface area contributed by atoms with Crippen LogP contribution in [0.5, 0.6) is 0 Å². The highest BCUT2D eigenvalue weighted by Gasteiger charge is 2.14. The van der Waals surface area contributed by atoms with Crippen molar-refractivity contribution in [1.29, 1.82) is 0 Å². The Morgan fingerprint density at radius 2 is 1.96 bits per heavy atom. The molecule has 1 heterocycles. The van der Waals surface area contributed by atoms with Crippen molar-refractivity contribution in [3.8, 4) is 5.69 Å². The van der Waals surface area contributed by atoms with Crippen molar-refractivity contribution in [2.45, 2.75) is 5.16 Å². The maximum Gasteiger partial charge on any atom is 0.271 e. The second-order valence-electron chi connectivity index (χ2n) is 5.11. The molecule has 1 N–H and O–H groups in total. The van der Waals surface area contributed by atoms with Crippen LogP contribution in [-0.4, -0.2) is 36.8 Å². The van der Waals surface area contributed by atoms with Gasteiger partial charge in [0, 0.05) is 17.2 Å². The molecule has 1 amide bonds. The van der Waals surface area contributed by atoms with Crippen molar-refractivity contribution >= 4 is 52.2 Å². The van der Waals surface area contributed by atoms with E-state index in [0.29, 0.717) is 15.9 Å². The van der Waals surface area contributed by atoms with Gasteiger partial charge < -0.3 is 5.32 Å². The molecule has 3 rings (SSSR count). The van der Waals surface area contributed by atoms with Gasteiger partial charge >= 0.3 is 0 Å². The fourth-order valence-electron chi connectivity index (χ4n) is 2.05. The zero-order chi connectivity index (χ0) is 19.4. The van der Waals surface area contributed by atoms with E-state index in [-0.39, 0.29) is 28.1 Å². The average Bonchev–Trinajstić information content (AvgIpc) is 3.10. The molecule has 0 aliphatic rings. The largest absolute Gasteiger partial charge is 0.324 e. The Hall–Kier alpha value is -2.69. The summed E-state index contributed by atoms with van der Waals surface area (Å²) in [6.45, 7) is 0. The van der Waals surface area contributed by atoms with Gasteiger partial charge in [-0.1, -0.05) is 35.0 Å². The van der Waals surface area contributed by atoms with Crippen LogP contribution in [0.25, 0.3) is 5.69 Å². The fraction of sp³-hybridized carbons (Fsp3) is 0.0667. The number of tetrazole rings is 1. The molecule has 0 saturated carbocycles. The predicted molar refractivity (Wildman–Crippen MR) is 102 cm³/mol. The summed E-state index contributed by atoms with van der Waals surface area (Å²) in [6, 6.07) is 10.7. The second-order valence-corrected chi connectivity index (χ2v) is 6.89. The normalized spacial score (nSPS) is 10.6. The third kappa shape index (κ3) is 4.73. The Bertz CT molecular complexity index is 995. The van der Waals surface area contributed by atoms with Gasteiger partial charge in [0.15, 0.2) is 0 Å². The molecule has 1 aromatic heterocycles. The molecule has 3 aromatic rings. The minimum absolute atomic E-state index is 0.0152. The number of halogens is 2. The number of carbonyl (C=O) groups excluding carboxylic acids is 1. The van der Waals surface area contributed by atoms with Crippen molar-refractivity contribution in [2.24, 2.45) is 0 Å². The molecule has 0 atom stereocenters. The van der Waals surface area contributed by atoms with Gasteiger partial charge in [0.1, 0.15) is 0 Å². The van der Waals surface area contributed by atoms with E-state index in [4.69, 9.17) is 23.2 Å². The number of anilines is 1. The monoisotopic (exact) mass is 424 g/mol. The summed E-state index contributed by atoms with van der Waals surface area (Å²) in [4.78, 5) is 22.3. The molecule has 0 saturated heterocycles. The first-order valence-electron chi connectivity index (χ1n) is 7.35. The van der Waals surface area contributed by atoms with Crippen LogP contribution in [0.1, 0.15) is 0 Å². The molecular weight excluding hydrogens is 415 g/mol. The second kappa shape index (κ2) is 8.33. The number of hydrogen-bond donors (Lipinski definition) is 1. The zero-order valence-corrected chi connectivity index (χ0v) is 15.7. The zero-order valence-electron chi connectivity index (χ0n) is 13.4. The highest BCUT2D eigenvalue weighted by atomic mass is 35.5. The number of non-ortho nitro benzene ring substituents is 1. The van der Waals surface area contributed by atoms with Gasteiger partial charge in [0.2, 0.25) is 11.1 Å². The lowest BCUT2D eigenvalue weighted by Crippen LogP contribution is -2.15. The number of rotatable bonds is 6. The smallest absolute Gasteiger partial charge is 0.271 e. The number of carbonyl (C=O) groups is 1. The Labute approximate surface area is 166 Å². The van der Waals surface area contributed by atoms with E-state index in [1.807, 2.05) is 0 Å². The van der Waals surface area contributed by atoms with Crippen molar-refractivity contribution in [1.82, 2.24) is 20.2 Å². The van der Waals surface area contributed by atoms with Crippen LogP contribution < -0.4 is 5.32 Å². The fourth-order valence-corrected chi connectivity index (χ4v) is 3.09. The number of aromatic nitrogens is 4. The summed E-state index contributed by atoms with van der Waals surface area (Å²) in [5.74, 6) is -0.345. The molecule has 0 fully saturated rings. The first-order valence-corrected chi connectivity index (χ1v) is 9.09. The van der Waals surface area contributed by atoms with Crippen LogP contribution >= 0.6 is 35.0 Å². The van der Waals surface area contributed by atoms with E-state index in [0.717, 1.165) is 11.8 Å². The third-order valence-corrected chi connectivity index (χ3v) is 4.77. The van der Waals surface area contributed by atoms with Crippen LogP contribution in [0.4, 0.5) is 11.4 Å². The number of thioether (sulfide) groups is 1. The van der Waals surface area contributed by atoms with E-state index in [2.05, 4.69) is 20.8 Å². The van der Waals surface area contributed by atoms with Gasteiger partial charge in [0.25, 0.3) is 5.69 Å². The highest BCUT2D eigenvalue weighted by molar-refractivity contribution is 7.99. The van der Waals surface area contributed by atoms with E-state index in [1.54, 1.807) is 24.3 Å². The standard InChI is InChI=1S/C15H10Cl2N6O3S/c16-9-1-3-10(4-2-9)22-15(19-20-21-22)27-8-14(24)18-13-6-5-11(23(25)26)7-12(13)17/h1-7H,8H2,(H,18,24). The number of hydrogen-bond acceptors (Lipinski definition) is 7. The predicted octanol–water partition coefficient (Wildman–Crippen LogP) is 3.61. The summed E-state index contributed by atoms with van der Waals surface area (Å²) in [5, 5.41) is 25.8. The van der Waals surface area contributed by atoms with Gasteiger partial charge in [-0.2, -0.15) is 4.68 Å². The van der Waals surface area contributed by atoms with Gasteiger partial charge in [0.05, 0.1) is 27.1 Å². The van der Waals surface area contributed by atoms with Crippen LogP contribution in [0, 0.1) is 10.1 Å². The Morgan fingerprint density at radius 1 is 1.22 bits per heavy atom. The molecule has 12 heteroatoms. The van der Waals surface area contributed by atoms with E-state index in [1.165, 1.54) is 22.9 Å². The topological polar surface area (TPSA) is 116 Å². The third-order valence-electron chi connectivity index (χ3n) is 3.28. The highest BCUT2D eigenvalue weighted by Crippen LogP contribution is 2.27. The lowest BCUT2D eigenvalue weighted by Gasteiger charge is -2.07. The van der Waals surface area contributed by atoms with Crippen molar-refractivity contribution in [3.63, 3.8) is 0 Å². The average molecular weight is 425 g/mol. The van der Waals surface area contributed by atoms with E-state index >= 15 is 0 Å². The number of benzene rings is 2. The van der Waals surface area contributed by atoms with Crippen molar-refractivity contribution in [3.05, 3.63) is 62.6 Å². The first-order chi connectivity index (χ1) is 12.9. The summed E-state index contributed by atoms with van der Waals surface area (Å²) >= 11 is 13.0. The maximum atomic E-state index is 12.2. The van der Waals surface area contributed by atoms with E-state index in [9.17, 15) is 14.9 Å². The molecule has 138 valence electrons. The molecule has 0 radical (unpaired) electrons. The molecule has 2 aromatic carbocycles. The van der Waals surface area contributed by atoms with Crippen LogP contribution in [0.3, 0.4) is 0 Å². The summed E-state index contributed by atoms with van der Waals surface area (Å²) in [6.07, 6.45) is 0. The molecule has 0 bridgehead atoms. The SMILES string of the molecule is O=C(CSc1nnnn1-c1ccc(Cl)cc1)Nc1ccc([N+](=O)[O-])cc1Cl. The Morgan fingerprint density at radius 3 is 2.63 bits per heavy atom. The number of nitro groups is 1. The summed E-state index contributed by atoms with van der Waals surface area (Å²) in [5.41, 5.74) is 0.824. The minimum Gasteiger partial charge on any atom is -0.324 e. The van der Waals surface area contributed by atoms with Crippen molar-refractivity contribution < 1.29 is 9.72 Å². The number of nitrogens with zero attached hydrogens (tertiary/aromatic N) is 5. The Kier molecular flexibility index (Phi) is 5.89. The number of nitrogens with one attached hydrogen (secondary N) is 1. The quantitative estimate of drug-likeness (QED) is 0.364. The summed E-state index contributed by atoms with van der Waals surface area (Å²) in [7, 11) is 0. The molecule has 9 nitrogen and oxygen atoms in total.